The Kier molecular flexibility index (Phi) is 3.99. The number of hydrogen-bond acceptors (Lipinski definition) is 3. The number of hydrogen-bond donors (Lipinski definition) is 1. The van der Waals surface area contributed by atoms with E-state index in [1.807, 2.05) is 4.90 Å². The van der Waals surface area contributed by atoms with E-state index in [0.29, 0.717) is 5.92 Å². The van der Waals surface area contributed by atoms with E-state index in [2.05, 4.69) is 11.9 Å². The topological polar surface area (TPSA) is 42.2 Å². The molecule has 2 N–H and O–H groups in total. The quantitative estimate of drug-likeness (QED) is 0.883. The number of halogens is 2. The van der Waals surface area contributed by atoms with Crippen LogP contribution in [0.1, 0.15) is 32.6 Å². The van der Waals surface area contributed by atoms with Gasteiger partial charge in [-0.2, -0.15) is 0 Å². The third-order valence-electron chi connectivity index (χ3n) is 3.66. The molecule has 2 heterocycles. The highest BCUT2D eigenvalue weighted by Crippen LogP contribution is 2.26. The predicted molar refractivity (Wildman–Crippen MR) is 68.4 cm³/mol. The molecule has 0 aliphatic carbocycles. The molecule has 18 heavy (non-hydrogen) atoms. The highest BCUT2D eigenvalue weighted by Gasteiger charge is 2.20. The van der Waals surface area contributed by atoms with Gasteiger partial charge in [0.05, 0.1) is 0 Å². The summed E-state index contributed by atoms with van der Waals surface area (Å²) in [6.07, 6.45) is 4.34. The molecule has 1 aromatic heterocycles. The molecule has 2 rings (SSSR count). The van der Waals surface area contributed by atoms with Crippen molar-refractivity contribution in [3.63, 3.8) is 0 Å². The molecule has 100 valence electrons. The van der Waals surface area contributed by atoms with E-state index in [9.17, 15) is 8.78 Å². The minimum atomic E-state index is -0.794. The van der Waals surface area contributed by atoms with Crippen molar-refractivity contribution in [3.8, 4) is 0 Å². The Morgan fingerprint density at radius 1 is 1.33 bits per heavy atom. The van der Waals surface area contributed by atoms with E-state index in [4.69, 9.17) is 5.73 Å². The van der Waals surface area contributed by atoms with Crippen molar-refractivity contribution in [1.29, 1.82) is 0 Å². The second-order valence-corrected chi connectivity index (χ2v) is 4.85. The van der Waals surface area contributed by atoms with Crippen LogP contribution in [0.4, 0.5) is 20.4 Å². The van der Waals surface area contributed by atoms with Crippen LogP contribution in [0.25, 0.3) is 0 Å². The Hall–Kier alpha value is -1.39. The average molecular weight is 255 g/mol. The van der Waals surface area contributed by atoms with Crippen molar-refractivity contribution in [1.82, 2.24) is 4.98 Å². The molecule has 1 unspecified atom stereocenters. The van der Waals surface area contributed by atoms with Crippen LogP contribution in [0, 0.1) is 17.6 Å². The number of rotatable bonds is 2. The van der Waals surface area contributed by atoms with E-state index >= 15 is 0 Å². The van der Waals surface area contributed by atoms with Gasteiger partial charge in [0.25, 0.3) is 0 Å². The Labute approximate surface area is 106 Å². The lowest BCUT2D eigenvalue weighted by molar-refractivity contribution is 0.459. The number of nitrogens with zero attached hydrogens (tertiary/aromatic N) is 2. The lowest BCUT2D eigenvalue weighted by Gasteiger charge is -2.22. The molecule has 0 radical (unpaired) electrons. The Bertz CT molecular complexity index is 423. The van der Waals surface area contributed by atoms with Crippen LogP contribution >= 0.6 is 0 Å². The summed E-state index contributed by atoms with van der Waals surface area (Å²) in [6, 6.07) is 0.819. The van der Waals surface area contributed by atoms with Crippen LogP contribution in [-0.4, -0.2) is 18.1 Å². The Balaban J connectivity index is 2.18. The lowest BCUT2D eigenvalue weighted by Crippen LogP contribution is -2.26. The van der Waals surface area contributed by atoms with Crippen LogP contribution in [0.3, 0.4) is 0 Å². The zero-order chi connectivity index (χ0) is 13.1. The highest BCUT2D eigenvalue weighted by molar-refractivity contribution is 5.47. The van der Waals surface area contributed by atoms with Gasteiger partial charge in [0.15, 0.2) is 23.3 Å². The van der Waals surface area contributed by atoms with E-state index in [1.54, 1.807) is 0 Å². The van der Waals surface area contributed by atoms with Crippen molar-refractivity contribution in [2.75, 3.05) is 23.7 Å². The van der Waals surface area contributed by atoms with Crippen molar-refractivity contribution in [2.24, 2.45) is 5.92 Å². The summed E-state index contributed by atoms with van der Waals surface area (Å²) in [4.78, 5) is 5.72. The molecule has 1 fully saturated rings. The van der Waals surface area contributed by atoms with Crippen LogP contribution in [-0.2, 0) is 0 Å². The number of pyridine rings is 1. The lowest BCUT2D eigenvalue weighted by atomic mass is 9.98. The Morgan fingerprint density at radius 3 is 2.83 bits per heavy atom. The fourth-order valence-corrected chi connectivity index (χ4v) is 2.48. The summed E-state index contributed by atoms with van der Waals surface area (Å²) < 4.78 is 26.8. The highest BCUT2D eigenvalue weighted by atomic mass is 19.1. The number of aromatic nitrogens is 1. The first-order valence-corrected chi connectivity index (χ1v) is 6.48. The number of nitrogens with two attached hydrogens (primary N) is 1. The summed E-state index contributed by atoms with van der Waals surface area (Å²) in [5.41, 5.74) is 5.41. The molecule has 1 saturated heterocycles. The second-order valence-electron chi connectivity index (χ2n) is 4.85. The van der Waals surface area contributed by atoms with Gasteiger partial charge in [0, 0.05) is 19.2 Å². The molecular weight excluding hydrogens is 236 g/mol. The van der Waals surface area contributed by atoms with Gasteiger partial charge >= 0.3 is 0 Å². The van der Waals surface area contributed by atoms with Crippen LogP contribution in [0.15, 0.2) is 6.07 Å². The molecule has 5 heteroatoms. The van der Waals surface area contributed by atoms with Crippen LogP contribution in [0.5, 0.6) is 0 Å². The van der Waals surface area contributed by atoms with E-state index < -0.39 is 11.6 Å². The minimum absolute atomic E-state index is 0.186. The first kappa shape index (κ1) is 13.1. The van der Waals surface area contributed by atoms with Gasteiger partial charge in [0.1, 0.15) is 0 Å². The fraction of sp³-hybridized carbons (Fsp3) is 0.615. The normalized spacial score (nSPS) is 20.8. The van der Waals surface area contributed by atoms with Crippen LogP contribution in [0.2, 0.25) is 0 Å². The summed E-state index contributed by atoms with van der Waals surface area (Å²) >= 11 is 0. The van der Waals surface area contributed by atoms with Gasteiger partial charge in [-0.05, 0) is 25.2 Å². The molecule has 1 aliphatic heterocycles. The first-order chi connectivity index (χ1) is 8.61. The summed E-state index contributed by atoms with van der Waals surface area (Å²) in [7, 11) is 0. The number of nitrogen functional groups attached to an aromatic ring is 1. The molecule has 3 nitrogen and oxygen atoms in total. The molecular formula is C13H19F2N3. The van der Waals surface area contributed by atoms with Gasteiger partial charge in [0.2, 0.25) is 0 Å². The third kappa shape index (κ3) is 2.71. The summed E-state index contributed by atoms with van der Waals surface area (Å²) in [5, 5.41) is 0. The monoisotopic (exact) mass is 255 g/mol. The maximum atomic E-state index is 13.7. The van der Waals surface area contributed by atoms with E-state index in [-0.39, 0.29) is 11.6 Å². The van der Waals surface area contributed by atoms with Gasteiger partial charge < -0.3 is 10.6 Å². The second kappa shape index (κ2) is 5.50. The standard InChI is InChI=1S/C13H19F2N3/c1-2-9-4-3-6-18(7-5-9)13-11(15)8-10(14)12(16)17-13/h8-9H,2-7H2,1H3,(H2,16,17). The van der Waals surface area contributed by atoms with Crippen molar-refractivity contribution < 1.29 is 8.78 Å². The molecule has 1 aliphatic rings. The van der Waals surface area contributed by atoms with Crippen molar-refractivity contribution in [3.05, 3.63) is 17.7 Å². The summed E-state index contributed by atoms with van der Waals surface area (Å²) in [5.74, 6) is -0.779. The van der Waals surface area contributed by atoms with Gasteiger partial charge in [-0.25, -0.2) is 13.8 Å². The maximum Gasteiger partial charge on any atom is 0.168 e. The Morgan fingerprint density at radius 2 is 2.11 bits per heavy atom. The smallest absolute Gasteiger partial charge is 0.168 e. The zero-order valence-electron chi connectivity index (χ0n) is 10.6. The molecule has 0 amide bonds. The molecule has 0 aromatic carbocycles. The number of anilines is 2. The van der Waals surface area contributed by atoms with Gasteiger partial charge in [-0.15, -0.1) is 0 Å². The molecule has 1 atom stereocenters. The zero-order valence-corrected chi connectivity index (χ0v) is 10.6. The molecule has 0 spiro atoms. The van der Waals surface area contributed by atoms with Crippen LogP contribution < -0.4 is 10.6 Å². The van der Waals surface area contributed by atoms with E-state index in [0.717, 1.165) is 44.8 Å². The van der Waals surface area contributed by atoms with Crippen molar-refractivity contribution in [2.45, 2.75) is 32.6 Å². The van der Waals surface area contributed by atoms with Crippen molar-refractivity contribution >= 4 is 11.6 Å². The molecule has 0 bridgehead atoms. The first-order valence-electron chi connectivity index (χ1n) is 6.48. The summed E-state index contributed by atoms with van der Waals surface area (Å²) in [6.45, 7) is 3.69. The molecule has 0 saturated carbocycles. The largest absolute Gasteiger partial charge is 0.381 e. The van der Waals surface area contributed by atoms with Gasteiger partial charge in [-0.3, -0.25) is 0 Å². The predicted octanol–water partition coefficient (Wildman–Crippen LogP) is 2.96. The molecule has 1 aromatic rings. The average Bonchev–Trinajstić information content (AvgIpc) is 2.59. The fourth-order valence-electron chi connectivity index (χ4n) is 2.48. The van der Waals surface area contributed by atoms with E-state index in [1.165, 1.54) is 0 Å². The third-order valence-corrected chi connectivity index (χ3v) is 3.66. The maximum absolute atomic E-state index is 13.7. The minimum Gasteiger partial charge on any atom is -0.381 e. The van der Waals surface area contributed by atoms with Gasteiger partial charge in [-0.1, -0.05) is 13.3 Å². The SMILES string of the molecule is CCC1CCCN(c2nc(N)c(F)cc2F)CC1.